The molecule has 0 heterocycles. The average molecular weight is 415 g/mol. The van der Waals surface area contributed by atoms with Gasteiger partial charge in [-0.1, -0.05) is 18.2 Å². The topological polar surface area (TPSA) is 108 Å². The normalized spacial score (nSPS) is 13.2. The van der Waals surface area contributed by atoms with E-state index in [1.54, 1.807) is 0 Å². The van der Waals surface area contributed by atoms with Crippen LogP contribution in [0.2, 0.25) is 0 Å². The fourth-order valence-corrected chi connectivity index (χ4v) is 2.60. The summed E-state index contributed by atoms with van der Waals surface area (Å²) in [7, 11) is 0. The molecular weight excluding hydrogens is 396 g/mol. The van der Waals surface area contributed by atoms with E-state index in [1.165, 1.54) is 24.3 Å². The van der Waals surface area contributed by atoms with Crippen molar-refractivity contribution in [3.05, 3.63) is 76.9 Å². The van der Waals surface area contributed by atoms with Crippen LogP contribution >= 0.6 is 0 Å². The standard InChI is InChI=1S/C21H19F2N3O4/c22-15-6-7-17(16(23)11-15)26-20(29)14-3-1-2-13(10-14)18(27)21(30)25-9-8-24-19(28)12-4-5-12/h1-4,6-7,10-11,19,24,28H,5,8-9H2,(H,25,30)(H,26,29). The Hall–Kier alpha value is -3.43. The third-order valence-corrected chi connectivity index (χ3v) is 4.31. The van der Waals surface area contributed by atoms with E-state index in [-0.39, 0.29) is 29.9 Å². The van der Waals surface area contributed by atoms with E-state index in [0.717, 1.165) is 24.1 Å². The zero-order valence-corrected chi connectivity index (χ0v) is 15.7. The zero-order chi connectivity index (χ0) is 21.7. The molecule has 4 N–H and O–H groups in total. The summed E-state index contributed by atoms with van der Waals surface area (Å²) >= 11 is 0. The molecule has 0 fully saturated rings. The summed E-state index contributed by atoms with van der Waals surface area (Å²) in [6.45, 7) is 0.391. The smallest absolute Gasteiger partial charge is 0.292 e. The number of amides is 2. The van der Waals surface area contributed by atoms with E-state index in [2.05, 4.69) is 16.0 Å². The Bertz CT molecular complexity index is 1020. The van der Waals surface area contributed by atoms with Crippen molar-refractivity contribution in [2.75, 3.05) is 18.4 Å². The third-order valence-electron chi connectivity index (χ3n) is 4.31. The molecule has 1 aliphatic rings. The van der Waals surface area contributed by atoms with E-state index in [1.807, 2.05) is 6.08 Å². The highest BCUT2D eigenvalue weighted by Crippen LogP contribution is 2.20. The molecule has 0 saturated heterocycles. The largest absolute Gasteiger partial charge is 0.375 e. The Morgan fingerprint density at radius 1 is 1.03 bits per heavy atom. The molecular formula is C21H19F2N3O4. The lowest BCUT2D eigenvalue weighted by atomic mass is 10.1. The molecule has 1 atom stereocenters. The summed E-state index contributed by atoms with van der Waals surface area (Å²) in [5.41, 5.74) is 0.677. The minimum Gasteiger partial charge on any atom is -0.375 e. The van der Waals surface area contributed by atoms with Gasteiger partial charge in [-0.05, 0) is 36.3 Å². The zero-order valence-electron chi connectivity index (χ0n) is 15.7. The number of aliphatic hydroxyl groups excluding tert-OH is 1. The molecule has 0 aromatic heterocycles. The minimum absolute atomic E-state index is 0.0177. The molecule has 1 aliphatic carbocycles. The van der Waals surface area contributed by atoms with Gasteiger partial charge >= 0.3 is 0 Å². The molecule has 0 spiro atoms. The van der Waals surface area contributed by atoms with Crippen LogP contribution in [-0.4, -0.2) is 42.0 Å². The van der Waals surface area contributed by atoms with Gasteiger partial charge in [-0.25, -0.2) is 8.78 Å². The van der Waals surface area contributed by atoms with Crippen LogP contribution in [0.4, 0.5) is 14.5 Å². The van der Waals surface area contributed by atoms with Gasteiger partial charge in [-0.3, -0.25) is 19.7 Å². The minimum atomic E-state index is -0.938. The molecule has 2 amide bonds. The van der Waals surface area contributed by atoms with Crippen LogP contribution in [0.5, 0.6) is 0 Å². The second-order valence-electron chi connectivity index (χ2n) is 6.58. The third kappa shape index (κ3) is 5.56. The van der Waals surface area contributed by atoms with Crippen molar-refractivity contribution in [1.29, 1.82) is 0 Å². The van der Waals surface area contributed by atoms with Gasteiger partial charge in [0, 0.05) is 30.3 Å². The van der Waals surface area contributed by atoms with E-state index >= 15 is 0 Å². The summed E-state index contributed by atoms with van der Waals surface area (Å²) < 4.78 is 26.7. The Balaban J connectivity index is 1.56. The number of ketones is 1. The number of benzene rings is 2. The molecule has 0 radical (unpaired) electrons. The molecule has 2 aromatic rings. The molecule has 0 aliphatic heterocycles. The van der Waals surface area contributed by atoms with Crippen molar-refractivity contribution in [1.82, 2.24) is 10.6 Å². The molecule has 0 saturated carbocycles. The van der Waals surface area contributed by atoms with Gasteiger partial charge in [0.1, 0.15) is 17.9 Å². The van der Waals surface area contributed by atoms with Gasteiger partial charge in [0.05, 0.1) is 5.69 Å². The van der Waals surface area contributed by atoms with Gasteiger partial charge in [0.2, 0.25) is 5.78 Å². The second-order valence-corrected chi connectivity index (χ2v) is 6.58. The van der Waals surface area contributed by atoms with Crippen LogP contribution < -0.4 is 16.0 Å². The molecule has 1 unspecified atom stereocenters. The van der Waals surface area contributed by atoms with E-state index in [9.17, 15) is 28.3 Å². The van der Waals surface area contributed by atoms with Gasteiger partial charge in [0.25, 0.3) is 11.8 Å². The number of carbonyl (C=O) groups is 3. The maximum absolute atomic E-state index is 13.7. The first-order chi connectivity index (χ1) is 14.3. The van der Waals surface area contributed by atoms with Crippen molar-refractivity contribution >= 4 is 23.3 Å². The van der Waals surface area contributed by atoms with Gasteiger partial charge < -0.3 is 15.7 Å². The number of allylic oxidation sites excluding steroid dienone is 1. The van der Waals surface area contributed by atoms with Crippen LogP contribution in [0.15, 0.2) is 54.1 Å². The number of carbonyl (C=O) groups excluding carboxylic acids is 3. The summed E-state index contributed by atoms with van der Waals surface area (Å²) in [5.74, 6) is -4.14. The summed E-state index contributed by atoms with van der Waals surface area (Å²) in [6, 6.07) is 8.10. The fourth-order valence-electron chi connectivity index (χ4n) is 2.60. The van der Waals surface area contributed by atoms with Crippen LogP contribution in [0.25, 0.3) is 0 Å². The number of halogens is 2. The Kier molecular flexibility index (Phi) is 6.65. The molecule has 0 bridgehead atoms. The van der Waals surface area contributed by atoms with Crippen molar-refractivity contribution in [3.8, 4) is 0 Å². The number of nitrogens with one attached hydrogen (secondary N) is 3. The first-order valence-electron chi connectivity index (χ1n) is 9.14. The molecule has 30 heavy (non-hydrogen) atoms. The Morgan fingerprint density at radius 2 is 1.77 bits per heavy atom. The summed E-state index contributed by atoms with van der Waals surface area (Å²) in [4.78, 5) is 36.6. The van der Waals surface area contributed by atoms with Crippen LogP contribution in [0.1, 0.15) is 27.1 Å². The number of rotatable bonds is 9. The lowest BCUT2D eigenvalue weighted by molar-refractivity contribution is -0.117. The maximum Gasteiger partial charge on any atom is 0.292 e. The van der Waals surface area contributed by atoms with Crippen molar-refractivity contribution in [2.45, 2.75) is 12.6 Å². The number of anilines is 1. The predicted molar refractivity (Wildman–Crippen MR) is 105 cm³/mol. The molecule has 9 heteroatoms. The number of aliphatic hydroxyl groups is 1. The van der Waals surface area contributed by atoms with Crippen molar-refractivity contribution in [3.63, 3.8) is 0 Å². The first-order valence-corrected chi connectivity index (χ1v) is 9.14. The predicted octanol–water partition coefficient (Wildman–Crippen LogP) is 1.75. The van der Waals surface area contributed by atoms with Crippen molar-refractivity contribution < 1.29 is 28.3 Å². The number of hydrogen-bond donors (Lipinski definition) is 4. The Morgan fingerprint density at radius 3 is 2.47 bits per heavy atom. The second kappa shape index (κ2) is 9.38. The quantitative estimate of drug-likeness (QED) is 0.164. The van der Waals surface area contributed by atoms with Gasteiger partial charge in [-0.2, -0.15) is 0 Å². The van der Waals surface area contributed by atoms with Crippen LogP contribution in [0, 0.1) is 11.6 Å². The SMILES string of the molecule is O=C(NCCNC(O)C1=CC1)C(=O)c1cccc(C(=O)Nc2ccc(F)cc2F)c1. The highest BCUT2D eigenvalue weighted by Gasteiger charge is 2.19. The number of Topliss-reactive ketones (excluding diaryl/α,β-unsaturated/α-hetero) is 1. The van der Waals surface area contributed by atoms with E-state index in [4.69, 9.17) is 0 Å². The summed E-state index contributed by atoms with van der Waals surface area (Å²) in [6.07, 6.45) is 1.88. The lowest BCUT2D eigenvalue weighted by Crippen LogP contribution is -2.39. The highest BCUT2D eigenvalue weighted by atomic mass is 19.1. The molecule has 3 rings (SSSR count). The Labute approximate surface area is 170 Å². The van der Waals surface area contributed by atoms with E-state index < -0.39 is 35.5 Å². The van der Waals surface area contributed by atoms with E-state index in [0.29, 0.717) is 6.07 Å². The van der Waals surface area contributed by atoms with Gasteiger partial charge in [0.15, 0.2) is 0 Å². The lowest BCUT2D eigenvalue weighted by Gasteiger charge is -2.10. The first kappa shape index (κ1) is 21.3. The molecule has 2 aromatic carbocycles. The maximum atomic E-state index is 13.7. The molecule has 156 valence electrons. The average Bonchev–Trinajstić information content (AvgIpc) is 3.58. The molecule has 7 nitrogen and oxygen atoms in total. The van der Waals surface area contributed by atoms with Crippen molar-refractivity contribution in [2.24, 2.45) is 0 Å². The summed E-state index contributed by atoms with van der Waals surface area (Å²) in [5, 5.41) is 17.1. The fraction of sp³-hybridized carbons (Fsp3) is 0.190. The number of hydrogen-bond acceptors (Lipinski definition) is 5. The highest BCUT2D eigenvalue weighted by molar-refractivity contribution is 6.43. The van der Waals surface area contributed by atoms with Crippen LogP contribution in [-0.2, 0) is 4.79 Å². The monoisotopic (exact) mass is 415 g/mol. The van der Waals surface area contributed by atoms with Crippen LogP contribution in [0.3, 0.4) is 0 Å². The van der Waals surface area contributed by atoms with Gasteiger partial charge in [-0.15, -0.1) is 0 Å².